The Bertz CT molecular complexity index is 376. The Hall–Kier alpha value is -1.33. The predicted octanol–water partition coefficient (Wildman–Crippen LogP) is 3.07. The molecule has 1 N–H and O–H groups in total. The maximum atomic E-state index is 9.14. The highest BCUT2D eigenvalue weighted by Crippen LogP contribution is 2.28. The van der Waals surface area contributed by atoms with E-state index in [1.54, 1.807) is 0 Å². The monoisotopic (exact) mass is 228 g/mol. The fourth-order valence-electron chi connectivity index (χ4n) is 2.08. The number of benzene rings is 1. The summed E-state index contributed by atoms with van der Waals surface area (Å²) in [6, 6.07) is 12.8. The Kier molecular flexibility index (Phi) is 4.17. The zero-order valence-electron chi connectivity index (χ0n) is 10.4. The highest BCUT2D eigenvalue weighted by molar-refractivity contribution is 5.19. The molecular formula is C15H20N2. The van der Waals surface area contributed by atoms with Gasteiger partial charge >= 0.3 is 0 Å². The maximum Gasteiger partial charge on any atom is 0.0958 e. The molecule has 0 amide bonds. The molecule has 1 saturated carbocycles. The van der Waals surface area contributed by atoms with E-state index in [0.717, 1.165) is 18.9 Å². The molecule has 0 heterocycles. The number of hydrogen-bond acceptors (Lipinski definition) is 2. The van der Waals surface area contributed by atoms with Crippen LogP contribution in [0.25, 0.3) is 0 Å². The largest absolute Gasteiger partial charge is 0.302 e. The Morgan fingerprint density at radius 2 is 2.06 bits per heavy atom. The fourth-order valence-corrected chi connectivity index (χ4v) is 2.08. The van der Waals surface area contributed by atoms with Crippen LogP contribution in [0.15, 0.2) is 30.3 Å². The SMILES string of the molecule is CC(CC(C#N)NCC1CC1)c1ccccc1. The standard InChI is InChI=1S/C15H20N2/c1-12(14-5-3-2-4-6-14)9-15(10-16)17-11-13-7-8-13/h2-6,12-13,15,17H,7-9,11H2,1H3. The summed E-state index contributed by atoms with van der Waals surface area (Å²) in [5, 5.41) is 12.5. The first-order valence-electron chi connectivity index (χ1n) is 6.47. The minimum Gasteiger partial charge on any atom is -0.302 e. The second kappa shape index (κ2) is 5.84. The Morgan fingerprint density at radius 3 is 2.65 bits per heavy atom. The van der Waals surface area contributed by atoms with Crippen molar-refractivity contribution in [2.24, 2.45) is 5.92 Å². The second-order valence-electron chi connectivity index (χ2n) is 5.08. The molecule has 17 heavy (non-hydrogen) atoms. The molecule has 1 fully saturated rings. The van der Waals surface area contributed by atoms with Crippen LogP contribution < -0.4 is 5.32 Å². The van der Waals surface area contributed by atoms with Crippen molar-refractivity contribution < 1.29 is 0 Å². The van der Waals surface area contributed by atoms with Gasteiger partial charge in [0.1, 0.15) is 0 Å². The highest BCUT2D eigenvalue weighted by atomic mass is 14.9. The average Bonchev–Trinajstić information content (AvgIpc) is 3.19. The smallest absolute Gasteiger partial charge is 0.0958 e. The van der Waals surface area contributed by atoms with E-state index in [1.165, 1.54) is 18.4 Å². The summed E-state index contributed by atoms with van der Waals surface area (Å²) in [5.74, 6) is 1.27. The zero-order chi connectivity index (χ0) is 12.1. The van der Waals surface area contributed by atoms with Crippen LogP contribution >= 0.6 is 0 Å². The first kappa shape index (κ1) is 12.1. The summed E-state index contributed by atoms with van der Waals surface area (Å²) in [7, 11) is 0. The van der Waals surface area contributed by atoms with E-state index in [4.69, 9.17) is 5.26 Å². The molecule has 0 radical (unpaired) electrons. The van der Waals surface area contributed by atoms with Crippen molar-refractivity contribution in [1.29, 1.82) is 5.26 Å². The van der Waals surface area contributed by atoms with Crippen molar-refractivity contribution in [3.05, 3.63) is 35.9 Å². The number of nitrogens with one attached hydrogen (secondary N) is 1. The third-order valence-corrected chi connectivity index (χ3v) is 3.46. The summed E-state index contributed by atoms with van der Waals surface area (Å²) >= 11 is 0. The molecule has 0 spiro atoms. The van der Waals surface area contributed by atoms with Gasteiger partial charge < -0.3 is 5.32 Å². The molecule has 1 aliphatic carbocycles. The average molecular weight is 228 g/mol. The van der Waals surface area contributed by atoms with E-state index in [2.05, 4.69) is 42.6 Å². The lowest BCUT2D eigenvalue weighted by Crippen LogP contribution is -2.30. The van der Waals surface area contributed by atoms with Gasteiger partial charge in [-0.05, 0) is 43.2 Å². The van der Waals surface area contributed by atoms with Gasteiger partial charge in [0, 0.05) is 0 Å². The molecule has 2 atom stereocenters. The Labute approximate surface area is 104 Å². The van der Waals surface area contributed by atoms with E-state index >= 15 is 0 Å². The van der Waals surface area contributed by atoms with Gasteiger partial charge in [-0.15, -0.1) is 0 Å². The number of rotatable bonds is 6. The molecule has 2 nitrogen and oxygen atoms in total. The summed E-state index contributed by atoms with van der Waals surface area (Å²) < 4.78 is 0. The van der Waals surface area contributed by atoms with Crippen LogP contribution in [0.1, 0.15) is 37.7 Å². The van der Waals surface area contributed by atoms with E-state index < -0.39 is 0 Å². The highest BCUT2D eigenvalue weighted by Gasteiger charge is 2.22. The van der Waals surface area contributed by atoms with Crippen molar-refractivity contribution in [3.8, 4) is 6.07 Å². The summed E-state index contributed by atoms with van der Waals surface area (Å²) in [6.07, 6.45) is 3.56. The molecule has 1 aliphatic rings. The van der Waals surface area contributed by atoms with Crippen LogP contribution in [0.5, 0.6) is 0 Å². The third-order valence-electron chi connectivity index (χ3n) is 3.46. The molecule has 0 bridgehead atoms. The molecule has 90 valence electrons. The quantitative estimate of drug-likeness (QED) is 0.812. The van der Waals surface area contributed by atoms with Gasteiger partial charge in [-0.1, -0.05) is 37.3 Å². The number of nitrogens with zero attached hydrogens (tertiary/aromatic N) is 1. The van der Waals surface area contributed by atoms with Gasteiger partial charge in [-0.2, -0.15) is 5.26 Å². The van der Waals surface area contributed by atoms with Gasteiger partial charge in [0.2, 0.25) is 0 Å². The van der Waals surface area contributed by atoms with Crippen LogP contribution in [-0.2, 0) is 0 Å². The van der Waals surface area contributed by atoms with Gasteiger partial charge in [-0.25, -0.2) is 0 Å². The third kappa shape index (κ3) is 3.87. The van der Waals surface area contributed by atoms with Crippen LogP contribution in [0.2, 0.25) is 0 Å². The van der Waals surface area contributed by atoms with Gasteiger partial charge in [0.25, 0.3) is 0 Å². The molecule has 0 aromatic heterocycles. The first-order chi connectivity index (χ1) is 8.29. The van der Waals surface area contributed by atoms with E-state index in [9.17, 15) is 0 Å². The number of nitriles is 1. The van der Waals surface area contributed by atoms with Crippen LogP contribution in [-0.4, -0.2) is 12.6 Å². The number of hydrogen-bond donors (Lipinski definition) is 1. The minimum absolute atomic E-state index is 0.00851. The lowest BCUT2D eigenvalue weighted by atomic mass is 9.94. The molecule has 1 aromatic carbocycles. The molecule has 0 aliphatic heterocycles. The van der Waals surface area contributed by atoms with Gasteiger partial charge in [0.05, 0.1) is 12.1 Å². The summed E-state index contributed by atoms with van der Waals surface area (Å²) in [5.41, 5.74) is 1.32. The minimum atomic E-state index is -0.00851. The molecule has 2 unspecified atom stereocenters. The van der Waals surface area contributed by atoms with Crippen molar-refractivity contribution in [2.75, 3.05) is 6.54 Å². The summed E-state index contributed by atoms with van der Waals surface area (Å²) in [6.45, 7) is 3.21. The Balaban J connectivity index is 1.83. The topological polar surface area (TPSA) is 35.8 Å². The lowest BCUT2D eigenvalue weighted by Gasteiger charge is -2.17. The predicted molar refractivity (Wildman–Crippen MR) is 69.6 cm³/mol. The van der Waals surface area contributed by atoms with Crippen molar-refractivity contribution in [2.45, 2.75) is 38.1 Å². The fraction of sp³-hybridized carbons (Fsp3) is 0.533. The second-order valence-corrected chi connectivity index (χ2v) is 5.08. The molecule has 2 rings (SSSR count). The van der Waals surface area contributed by atoms with Gasteiger partial charge in [0.15, 0.2) is 0 Å². The molecule has 1 aromatic rings. The molecular weight excluding hydrogens is 208 g/mol. The molecule has 2 heteroatoms. The first-order valence-corrected chi connectivity index (χ1v) is 6.47. The Morgan fingerprint density at radius 1 is 1.35 bits per heavy atom. The van der Waals surface area contributed by atoms with Gasteiger partial charge in [-0.3, -0.25) is 0 Å². The van der Waals surface area contributed by atoms with Crippen LogP contribution in [0.4, 0.5) is 0 Å². The van der Waals surface area contributed by atoms with E-state index in [1.807, 2.05) is 6.07 Å². The normalized spacial score (nSPS) is 18.4. The van der Waals surface area contributed by atoms with Crippen molar-refractivity contribution in [3.63, 3.8) is 0 Å². The zero-order valence-corrected chi connectivity index (χ0v) is 10.4. The lowest BCUT2D eigenvalue weighted by molar-refractivity contribution is 0.509. The van der Waals surface area contributed by atoms with E-state index in [-0.39, 0.29) is 6.04 Å². The maximum absolute atomic E-state index is 9.14. The van der Waals surface area contributed by atoms with Crippen LogP contribution in [0, 0.1) is 17.2 Å². The van der Waals surface area contributed by atoms with Crippen molar-refractivity contribution in [1.82, 2.24) is 5.32 Å². The molecule has 0 saturated heterocycles. The van der Waals surface area contributed by atoms with Crippen LogP contribution in [0.3, 0.4) is 0 Å². The van der Waals surface area contributed by atoms with E-state index in [0.29, 0.717) is 5.92 Å². The van der Waals surface area contributed by atoms with Crippen molar-refractivity contribution >= 4 is 0 Å². The summed E-state index contributed by atoms with van der Waals surface area (Å²) in [4.78, 5) is 0.